The van der Waals surface area contributed by atoms with Crippen molar-refractivity contribution in [1.82, 2.24) is 34.9 Å². The number of hydrogen-bond acceptors (Lipinski definition) is 14. The second kappa shape index (κ2) is 18.6. The van der Waals surface area contributed by atoms with Crippen LogP contribution in [0.3, 0.4) is 0 Å². The highest BCUT2D eigenvalue weighted by Crippen LogP contribution is 2.43. The van der Waals surface area contributed by atoms with Gasteiger partial charge in [-0.05, 0) is 30.7 Å². The number of benzene rings is 2. The Morgan fingerprint density at radius 1 is 0.914 bits per heavy atom. The topological polar surface area (TPSA) is 182 Å². The van der Waals surface area contributed by atoms with E-state index in [4.69, 9.17) is 23.7 Å². The van der Waals surface area contributed by atoms with E-state index in [1.807, 2.05) is 6.92 Å². The monoisotopic (exact) mass is 835 g/mol. The van der Waals surface area contributed by atoms with Gasteiger partial charge in [0, 0.05) is 45.2 Å². The zero-order chi connectivity index (χ0) is 41.7. The molecule has 58 heavy (non-hydrogen) atoms. The fourth-order valence-corrected chi connectivity index (χ4v) is 8.35. The molecule has 0 aliphatic carbocycles. The van der Waals surface area contributed by atoms with Crippen molar-refractivity contribution in [3.8, 4) is 22.5 Å². The maximum absolute atomic E-state index is 14.2. The number of esters is 2. The molecule has 16 nitrogen and oxygen atoms in total. The van der Waals surface area contributed by atoms with E-state index in [1.165, 1.54) is 58.9 Å². The van der Waals surface area contributed by atoms with Crippen molar-refractivity contribution in [3.63, 3.8) is 0 Å². The molecular formula is C37H41F4N7O9S. The summed E-state index contributed by atoms with van der Waals surface area (Å²) in [7, 11) is 1.34. The van der Waals surface area contributed by atoms with E-state index in [1.54, 1.807) is 6.07 Å². The number of piperidine rings is 1. The minimum atomic E-state index is -1.67. The molecule has 2 aromatic heterocycles. The van der Waals surface area contributed by atoms with Gasteiger partial charge in [0.25, 0.3) is 0 Å². The molecule has 2 aliphatic rings. The summed E-state index contributed by atoms with van der Waals surface area (Å²) in [5.74, 6) is -6.47. The van der Waals surface area contributed by atoms with Crippen LogP contribution in [0.2, 0.25) is 0 Å². The summed E-state index contributed by atoms with van der Waals surface area (Å²) in [6.45, 7) is 3.93. The number of thioether (sulfide) groups is 1. The van der Waals surface area contributed by atoms with E-state index in [0.29, 0.717) is 17.7 Å². The number of aliphatic hydroxyl groups is 1. The van der Waals surface area contributed by atoms with Crippen LogP contribution >= 0.6 is 11.8 Å². The molecule has 0 radical (unpaired) electrons. The average Bonchev–Trinajstić information content (AvgIpc) is 3.88. The van der Waals surface area contributed by atoms with Crippen molar-refractivity contribution in [3.05, 3.63) is 72.1 Å². The van der Waals surface area contributed by atoms with E-state index < -0.39 is 95.1 Å². The lowest BCUT2D eigenvalue weighted by Gasteiger charge is -2.47. The molecule has 0 unspecified atom stereocenters. The number of nitrogens with zero attached hydrogens (tertiary/aromatic N) is 7. The van der Waals surface area contributed by atoms with Crippen LogP contribution < -0.4 is 0 Å². The minimum Gasteiger partial charge on any atom is -0.463 e. The first-order valence-electron chi connectivity index (χ1n) is 18.3. The Morgan fingerprint density at radius 2 is 1.60 bits per heavy atom. The summed E-state index contributed by atoms with van der Waals surface area (Å²) in [5.41, 5.74) is -0.541. The number of likely N-dealkylation sites (tertiary alicyclic amines) is 1. The van der Waals surface area contributed by atoms with Gasteiger partial charge in [-0.3, -0.25) is 9.59 Å². The molecule has 2 aliphatic heterocycles. The SMILES string of the molecule is CCCCOC(=O)N1C[C@@H](S[C@@H]2O[C@H](COC(C)=O)[C@H](OC(C)=O)[C@H](n3cc(-c4cc(F)c(F)c(F)c4)nn3)[C@H]2OC)[C@H](O)[C@@H](n2cc(-c3cccc(F)c3)nn2)C1. The van der Waals surface area contributed by atoms with Crippen molar-refractivity contribution in [1.29, 1.82) is 0 Å². The van der Waals surface area contributed by atoms with Crippen molar-refractivity contribution in [2.24, 2.45) is 0 Å². The number of methoxy groups -OCH3 is 1. The van der Waals surface area contributed by atoms with Gasteiger partial charge in [-0.25, -0.2) is 31.7 Å². The van der Waals surface area contributed by atoms with Crippen LogP contribution in [0.1, 0.15) is 45.7 Å². The lowest BCUT2D eigenvalue weighted by Crippen LogP contribution is -2.59. The molecule has 2 aromatic carbocycles. The second-order valence-electron chi connectivity index (χ2n) is 13.6. The number of halogens is 4. The largest absolute Gasteiger partial charge is 0.463 e. The van der Waals surface area contributed by atoms with Crippen LogP contribution in [0.5, 0.6) is 0 Å². The first-order chi connectivity index (χ1) is 27.8. The van der Waals surface area contributed by atoms with Gasteiger partial charge in [0.2, 0.25) is 0 Å². The number of carbonyl (C=O) groups is 3. The highest BCUT2D eigenvalue weighted by molar-refractivity contribution is 8.00. The van der Waals surface area contributed by atoms with Gasteiger partial charge >= 0.3 is 18.0 Å². The van der Waals surface area contributed by atoms with Crippen LogP contribution in [-0.2, 0) is 33.3 Å². The highest BCUT2D eigenvalue weighted by Gasteiger charge is 2.52. The summed E-state index contributed by atoms with van der Waals surface area (Å²) in [4.78, 5) is 39.3. The predicted octanol–water partition coefficient (Wildman–Crippen LogP) is 4.49. The zero-order valence-corrected chi connectivity index (χ0v) is 32.6. The molecular weight excluding hydrogens is 795 g/mol. The fraction of sp³-hybridized carbons (Fsp3) is 0.486. The third-order valence-electron chi connectivity index (χ3n) is 9.58. The van der Waals surface area contributed by atoms with E-state index in [-0.39, 0.29) is 31.0 Å². The number of unbranched alkanes of at least 4 members (excludes halogenated alkanes) is 1. The number of hydrogen-bond donors (Lipinski definition) is 1. The Bertz CT molecular complexity index is 2070. The molecule has 0 saturated carbocycles. The van der Waals surface area contributed by atoms with Gasteiger partial charge in [-0.1, -0.05) is 35.9 Å². The molecule has 1 amide bonds. The van der Waals surface area contributed by atoms with Crippen LogP contribution in [0.25, 0.3) is 22.5 Å². The summed E-state index contributed by atoms with van der Waals surface area (Å²) in [6, 6.07) is 5.22. The Kier molecular flexibility index (Phi) is 13.7. The lowest BCUT2D eigenvalue weighted by molar-refractivity contribution is -0.208. The highest BCUT2D eigenvalue weighted by atomic mass is 32.2. The maximum atomic E-state index is 14.2. The van der Waals surface area contributed by atoms with Crippen molar-refractivity contribution in [2.45, 2.75) is 80.8 Å². The smallest absolute Gasteiger partial charge is 0.409 e. The molecule has 2 fully saturated rings. The standard InChI is InChI=1S/C37H41F4N7O9S/c1-5-6-10-54-37(52)46-16-28(47-14-26(42-44-47)21-8-7-9-23(38)11-21)33(51)30(17-46)58-36-35(53-4)32(34(56-20(3)50)29(57-36)18-55-19(2)49)48-15-27(43-45-48)22-12-24(39)31(41)25(40)13-22/h7-9,11-15,28-30,32-36,51H,5-6,10,16-18H2,1-4H3/t28-,29+,30+,32-,33+,34-,35+,36-/m0/s1. The van der Waals surface area contributed by atoms with E-state index >= 15 is 0 Å². The fourth-order valence-electron chi connectivity index (χ4n) is 6.77. The number of carbonyl (C=O) groups excluding carboxylic acids is 3. The van der Waals surface area contributed by atoms with Gasteiger partial charge in [0.15, 0.2) is 23.6 Å². The normalized spacial score (nSPS) is 24.7. The number of amides is 1. The second-order valence-corrected chi connectivity index (χ2v) is 15.0. The van der Waals surface area contributed by atoms with Gasteiger partial charge in [0.05, 0.1) is 36.4 Å². The third kappa shape index (κ3) is 9.59. The van der Waals surface area contributed by atoms with Crippen molar-refractivity contribution in [2.75, 3.05) is 33.4 Å². The molecule has 0 spiro atoms. The maximum Gasteiger partial charge on any atom is 0.409 e. The first-order valence-corrected chi connectivity index (χ1v) is 19.2. The van der Waals surface area contributed by atoms with E-state index in [2.05, 4.69) is 20.6 Å². The number of rotatable bonds is 13. The van der Waals surface area contributed by atoms with Gasteiger partial charge in [-0.2, -0.15) is 0 Å². The molecule has 6 rings (SSSR count). The predicted molar refractivity (Wildman–Crippen MR) is 196 cm³/mol. The van der Waals surface area contributed by atoms with Gasteiger partial charge in [0.1, 0.15) is 47.5 Å². The Morgan fingerprint density at radius 3 is 2.26 bits per heavy atom. The molecule has 4 heterocycles. The average molecular weight is 836 g/mol. The molecule has 1 N–H and O–H groups in total. The van der Waals surface area contributed by atoms with Crippen LogP contribution in [0, 0.1) is 23.3 Å². The molecule has 2 saturated heterocycles. The molecule has 21 heteroatoms. The Labute approximate surface area is 333 Å². The first kappa shape index (κ1) is 42.5. The molecule has 312 valence electrons. The van der Waals surface area contributed by atoms with Crippen molar-refractivity contribution >= 4 is 29.8 Å². The number of ether oxygens (including phenoxy) is 5. The third-order valence-corrected chi connectivity index (χ3v) is 11.0. The number of aromatic nitrogens is 6. The van der Waals surface area contributed by atoms with Crippen LogP contribution in [0.15, 0.2) is 48.8 Å². The molecule has 4 aromatic rings. The Hall–Kier alpha value is -5.12. The van der Waals surface area contributed by atoms with E-state index in [0.717, 1.165) is 37.2 Å². The summed E-state index contributed by atoms with van der Waals surface area (Å²) < 4.78 is 87.9. The van der Waals surface area contributed by atoms with E-state index in [9.17, 15) is 37.1 Å². The van der Waals surface area contributed by atoms with Crippen LogP contribution in [-0.4, -0.2) is 127 Å². The summed E-state index contributed by atoms with van der Waals surface area (Å²) in [5, 5.41) is 27.7. The lowest BCUT2D eigenvalue weighted by atomic mass is 9.96. The minimum absolute atomic E-state index is 0.0348. The van der Waals surface area contributed by atoms with Gasteiger partial charge in [-0.15, -0.1) is 22.0 Å². The zero-order valence-electron chi connectivity index (χ0n) is 31.7. The van der Waals surface area contributed by atoms with Crippen LogP contribution in [0.4, 0.5) is 22.4 Å². The summed E-state index contributed by atoms with van der Waals surface area (Å²) in [6.07, 6.45) is -1.18. The Balaban J connectivity index is 1.36. The molecule has 0 bridgehead atoms. The van der Waals surface area contributed by atoms with Crippen molar-refractivity contribution < 1.29 is 60.7 Å². The quantitative estimate of drug-likeness (QED) is 0.0654. The summed E-state index contributed by atoms with van der Waals surface area (Å²) >= 11 is 1.06. The molecule has 8 atom stereocenters. The van der Waals surface area contributed by atoms with Gasteiger partial charge < -0.3 is 33.7 Å². The number of aliphatic hydroxyl groups excluding tert-OH is 1.